The molecule has 5 rings (SSSR count). The lowest BCUT2D eigenvalue weighted by atomic mass is 10.1. The van der Waals surface area contributed by atoms with Gasteiger partial charge in [-0.05, 0) is 74.5 Å². The topological polar surface area (TPSA) is 71.4 Å². The number of carbonyl (C=O) groups is 1. The number of carbonyl (C=O) groups excluding carboxylic acids is 1. The number of aromatic nitrogens is 1. The van der Waals surface area contributed by atoms with E-state index in [9.17, 15) is 13.2 Å². The molecule has 5 aromatic rings. The molecule has 1 aromatic heterocycles. The molecule has 0 spiro atoms. The van der Waals surface area contributed by atoms with Crippen LogP contribution in [0.5, 0.6) is 0 Å². The molecule has 1 heterocycles. The minimum absolute atomic E-state index is 0.106. The molecule has 0 fully saturated rings. The number of sulfonamides is 1. The average Bonchev–Trinajstić information content (AvgIpc) is 3.21. The quantitative estimate of drug-likeness (QED) is 0.257. The highest BCUT2D eigenvalue weighted by atomic mass is 35.5. The number of amides is 1. The minimum atomic E-state index is -4.01. The van der Waals surface area contributed by atoms with E-state index in [4.69, 9.17) is 11.6 Å². The summed E-state index contributed by atoms with van der Waals surface area (Å²) in [5.41, 5.74) is 4.09. The lowest BCUT2D eigenvalue weighted by molar-refractivity contribution is -0.114. The third kappa shape index (κ3) is 4.80. The van der Waals surface area contributed by atoms with Crippen molar-refractivity contribution in [3.63, 3.8) is 0 Å². The van der Waals surface area contributed by atoms with Crippen molar-refractivity contribution in [2.45, 2.75) is 25.3 Å². The summed E-state index contributed by atoms with van der Waals surface area (Å²) >= 11 is 6.03. The highest BCUT2D eigenvalue weighted by Crippen LogP contribution is 2.31. The Morgan fingerprint density at radius 1 is 0.892 bits per heavy atom. The van der Waals surface area contributed by atoms with Crippen LogP contribution < -0.4 is 9.62 Å². The third-order valence-electron chi connectivity index (χ3n) is 6.38. The largest absolute Gasteiger partial charge is 0.341 e. The summed E-state index contributed by atoms with van der Waals surface area (Å²) in [6.07, 6.45) is 0. The van der Waals surface area contributed by atoms with Gasteiger partial charge in [0.15, 0.2) is 0 Å². The van der Waals surface area contributed by atoms with Gasteiger partial charge in [0.25, 0.3) is 10.0 Å². The predicted molar refractivity (Wildman–Crippen MR) is 151 cm³/mol. The standard InChI is InChI=1S/C29H26ClN3O3S/c1-3-32-27-7-5-4-6-25(27)26-18-22(12-17-28(26)32)31-29(34)19-33(23-13-10-21(30)11-14-23)37(35,36)24-15-8-20(2)9-16-24/h4-18H,3,19H2,1-2H3,(H,31,34). The third-order valence-corrected chi connectivity index (χ3v) is 8.42. The molecule has 4 aromatic carbocycles. The molecule has 37 heavy (non-hydrogen) atoms. The van der Waals surface area contributed by atoms with Crippen molar-refractivity contribution in [3.8, 4) is 0 Å². The summed E-state index contributed by atoms with van der Waals surface area (Å²) in [6.45, 7) is 4.41. The van der Waals surface area contributed by atoms with Gasteiger partial charge in [0, 0.05) is 39.1 Å². The molecule has 8 heteroatoms. The number of rotatable bonds is 7. The number of benzene rings is 4. The summed E-state index contributed by atoms with van der Waals surface area (Å²) in [4.78, 5) is 13.3. The van der Waals surface area contributed by atoms with Crippen LogP contribution in [0.25, 0.3) is 21.8 Å². The number of nitrogens with zero attached hydrogens (tertiary/aromatic N) is 2. The second kappa shape index (κ2) is 9.92. The molecular formula is C29H26ClN3O3S. The second-order valence-electron chi connectivity index (χ2n) is 8.84. The fourth-order valence-electron chi connectivity index (χ4n) is 4.56. The number of para-hydroxylation sites is 1. The maximum Gasteiger partial charge on any atom is 0.264 e. The fraction of sp³-hybridized carbons (Fsp3) is 0.138. The van der Waals surface area contributed by atoms with Crippen LogP contribution >= 0.6 is 11.6 Å². The summed E-state index contributed by atoms with van der Waals surface area (Å²) in [7, 11) is -4.01. The van der Waals surface area contributed by atoms with Crippen LogP contribution in [0.3, 0.4) is 0 Å². The van der Waals surface area contributed by atoms with Crippen molar-refractivity contribution in [1.82, 2.24) is 4.57 Å². The predicted octanol–water partition coefficient (Wildman–Crippen LogP) is 6.61. The highest BCUT2D eigenvalue weighted by molar-refractivity contribution is 7.92. The van der Waals surface area contributed by atoms with E-state index in [1.54, 1.807) is 48.5 Å². The lowest BCUT2D eigenvalue weighted by Gasteiger charge is -2.24. The fourth-order valence-corrected chi connectivity index (χ4v) is 6.11. The molecule has 0 aliphatic carbocycles. The number of hydrogen-bond donors (Lipinski definition) is 1. The number of hydrogen-bond acceptors (Lipinski definition) is 3. The van der Waals surface area contributed by atoms with Crippen molar-refractivity contribution in [3.05, 3.63) is 102 Å². The zero-order valence-electron chi connectivity index (χ0n) is 20.5. The van der Waals surface area contributed by atoms with Crippen LogP contribution in [-0.2, 0) is 21.4 Å². The Morgan fingerprint density at radius 2 is 1.57 bits per heavy atom. The molecule has 0 bridgehead atoms. The molecule has 0 saturated carbocycles. The molecular weight excluding hydrogens is 506 g/mol. The summed E-state index contributed by atoms with van der Waals surface area (Å²) in [5, 5.41) is 5.49. The zero-order chi connectivity index (χ0) is 26.2. The molecule has 6 nitrogen and oxygen atoms in total. The Bertz CT molecular complexity index is 1710. The average molecular weight is 532 g/mol. The smallest absolute Gasteiger partial charge is 0.264 e. The van der Waals surface area contributed by atoms with Crippen LogP contribution in [-0.4, -0.2) is 25.4 Å². The van der Waals surface area contributed by atoms with Crippen LogP contribution in [0.4, 0.5) is 11.4 Å². The van der Waals surface area contributed by atoms with Gasteiger partial charge in [0.2, 0.25) is 5.91 Å². The van der Waals surface area contributed by atoms with Crippen molar-refractivity contribution >= 4 is 60.7 Å². The molecule has 0 aliphatic rings. The Kier molecular flexibility index (Phi) is 6.67. The van der Waals surface area contributed by atoms with E-state index in [2.05, 4.69) is 28.9 Å². The van der Waals surface area contributed by atoms with Crippen molar-refractivity contribution in [2.24, 2.45) is 0 Å². The van der Waals surface area contributed by atoms with Gasteiger partial charge in [0.1, 0.15) is 6.54 Å². The SMILES string of the molecule is CCn1c2ccccc2c2cc(NC(=O)CN(c3ccc(Cl)cc3)S(=O)(=O)c3ccc(C)cc3)ccc21. The molecule has 0 radical (unpaired) electrons. The van der Waals surface area contributed by atoms with Gasteiger partial charge in [-0.3, -0.25) is 9.10 Å². The van der Waals surface area contributed by atoms with Gasteiger partial charge in [-0.1, -0.05) is 47.5 Å². The van der Waals surface area contributed by atoms with E-state index in [1.165, 1.54) is 0 Å². The van der Waals surface area contributed by atoms with Gasteiger partial charge in [-0.25, -0.2) is 8.42 Å². The number of anilines is 2. The maximum atomic E-state index is 13.6. The maximum absolute atomic E-state index is 13.6. The highest BCUT2D eigenvalue weighted by Gasteiger charge is 2.27. The zero-order valence-corrected chi connectivity index (χ0v) is 22.1. The Morgan fingerprint density at radius 3 is 2.27 bits per heavy atom. The van der Waals surface area contributed by atoms with Gasteiger partial charge >= 0.3 is 0 Å². The van der Waals surface area contributed by atoms with E-state index in [0.717, 1.165) is 38.2 Å². The van der Waals surface area contributed by atoms with E-state index < -0.39 is 22.5 Å². The van der Waals surface area contributed by atoms with Gasteiger partial charge < -0.3 is 9.88 Å². The first-order valence-electron chi connectivity index (χ1n) is 11.9. The molecule has 0 atom stereocenters. The van der Waals surface area contributed by atoms with Crippen LogP contribution in [0, 0.1) is 6.92 Å². The minimum Gasteiger partial charge on any atom is -0.341 e. The molecule has 0 saturated heterocycles. The van der Waals surface area contributed by atoms with Crippen LogP contribution in [0.2, 0.25) is 5.02 Å². The van der Waals surface area contributed by atoms with E-state index in [1.807, 2.05) is 37.3 Å². The first-order valence-corrected chi connectivity index (χ1v) is 13.8. The summed E-state index contributed by atoms with van der Waals surface area (Å²) in [5.74, 6) is -0.454. The Hall–Kier alpha value is -3.81. The first kappa shape index (κ1) is 24.9. The summed E-state index contributed by atoms with van der Waals surface area (Å²) in [6, 6.07) is 26.8. The molecule has 0 unspecified atom stereocenters. The van der Waals surface area contributed by atoms with E-state index in [0.29, 0.717) is 16.4 Å². The number of fused-ring (bicyclic) bond motifs is 3. The van der Waals surface area contributed by atoms with Gasteiger partial charge in [0.05, 0.1) is 10.6 Å². The number of halogens is 1. The monoisotopic (exact) mass is 531 g/mol. The normalized spacial score (nSPS) is 11.6. The Labute approximate surface area is 221 Å². The molecule has 1 N–H and O–H groups in total. The van der Waals surface area contributed by atoms with E-state index >= 15 is 0 Å². The van der Waals surface area contributed by atoms with Gasteiger partial charge in [-0.2, -0.15) is 0 Å². The summed E-state index contributed by atoms with van der Waals surface area (Å²) < 4.78 is 30.5. The van der Waals surface area contributed by atoms with E-state index in [-0.39, 0.29) is 4.90 Å². The second-order valence-corrected chi connectivity index (χ2v) is 11.1. The van der Waals surface area contributed by atoms with Gasteiger partial charge in [-0.15, -0.1) is 0 Å². The van der Waals surface area contributed by atoms with Crippen molar-refractivity contribution < 1.29 is 13.2 Å². The number of aryl methyl sites for hydroxylation is 2. The number of nitrogens with one attached hydrogen (secondary N) is 1. The van der Waals surface area contributed by atoms with Crippen LogP contribution in [0.1, 0.15) is 12.5 Å². The molecule has 0 aliphatic heterocycles. The molecule has 1 amide bonds. The van der Waals surface area contributed by atoms with Crippen molar-refractivity contribution in [1.29, 1.82) is 0 Å². The van der Waals surface area contributed by atoms with Crippen LogP contribution in [0.15, 0.2) is 95.9 Å². The molecule has 188 valence electrons. The lowest BCUT2D eigenvalue weighted by Crippen LogP contribution is -2.38. The van der Waals surface area contributed by atoms with Crippen molar-refractivity contribution in [2.75, 3.05) is 16.2 Å². The first-order chi connectivity index (χ1) is 17.8. The Balaban J connectivity index is 1.47.